The van der Waals surface area contributed by atoms with Gasteiger partial charge in [0.05, 0.1) is 12.6 Å². The van der Waals surface area contributed by atoms with Crippen molar-refractivity contribution in [3.05, 3.63) is 70.9 Å². The van der Waals surface area contributed by atoms with Crippen molar-refractivity contribution in [2.45, 2.75) is 13.2 Å². The molecule has 2 heterocycles. The Bertz CT molecular complexity index is 1190. The average molecular weight is 380 g/mol. The summed E-state index contributed by atoms with van der Waals surface area (Å²) in [5, 5.41) is 3.99. The Morgan fingerprint density at radius 1 is 1.14 bits per heavy atom. The number of benzene rings is 2. The molecule has 4 aromatic rings. The van der Waals surface area contributed by atoms with E-state index in [1.165, 1.54) is 4.57 Å². The van der Waals surface area contributed by atoms with Gasteiger partial charge in [0.15, 0.2) is 18.0 Å². The van der Waals surface area contributed by atoms with E-state index in [4.69, 9.17) is 18.4 Å². The fraction of sp³-hybridized carbons (Fsp3) is 0.150. The summed E-state index contributed by atoms with van der Waals surface area (Å²) in [7, 11) is 1.57. The third-order valence-corrected chi connectivity index (χ3v) is 4.18. The first kappa shape index (κ1) is 17.6. The number of para-hydroxylation sites is 3. The van der Waals surface area contributed by atoms with Gasteiger partial charge in [-0.05, 0) is 24.3 Å². The lowest BCUT2D eigenvalue weighted by atomic mass is 10.1. The van der Waals surface area contributed by atoms with Gasteiger partial charge in [0.1, 0.15) is 18.0 Å². The maximum absolute atomic E-state index is 12.2. The average Bonchev–Trinajstić information content (AvgIpc) is 3.31. The van der Waals surface area contributed by atoms with Crippen LogP contribution in [0, 0.1) is 0 Å². The molecule has 0 aliphatic carbocycles. The van der Waals surface area contributed by atoms with Crippen LogP contribution in [0.5, 0.6) is 5.75 Å². The van der Waals surface area contributed by atoms with Crippen LogP contribution in [0.2, 0.25) is 0 Å². The standard InChI is InChI=1S/C20H16N2O6/c1-25-17-8-4-2-6-14(17)15-10-13(28-21-15)12-26-19(23)11-22-16-7-3-5-9-18(16)27-20(22)24/h2-10H,11-12H2,1H3. The molecule has 2 aromatic carbocycles. The van der Waals surface area contributed by atoms with Crippen molar-refractivity contribution >= 4 is 17.1 Å². The first-order valence-corrected chi connectivity index (χ1v) is 8.48. The summed E-state index contributed by atoms with van der Waals surface area (Å²) >= 11 is 0. The summed E-state index contributed by atoms with van der Waals surface area (Å²) in [6.45, 7) is -0.366. The lowest BCUT2D eigenvalue weighted by Gasteiger charge is -2.04. The van der Waals surface area contributed by atoms with Gasteiger partial charge in [-0.1, -0.05) is 29.4 Å². The molecule has 0 saturated carbocycles. The van der Waals surface area contributed by atoms with Gasteiger partial charge in [0, 0.05) is 11.6 Å². The van der Waals surface area contributed by atoms with Crippen molar-refractivity contribution in [2.75, 3.05) is 7.11 Å². The Kier molecular flexibility index (Phi) is 4.67. The van der Waals surface area contributed by atoms with Gasteiger partial charge in [0.2, 0.25) is 0 Å². The number of fused-ring (bicyclic) bond motifs is 1. The van der Waals surface area contributed by atoms with E-state index in [0.29, 0.717) is 28.3 Å². The number of aromatic nitrogens is 2. The number of methoxy groups -OCH3 is 1. The SMILES string of the molecule is COc1ccccc1-c1cc(COC(=O)Cn2c(=O)oc3ccccc32)on1. The van der Waals surface area contributed by atoms with Crippen molar-refractivity contribution in [1.29, 1.82) is 0 Å². The Morgan fingerprint density at radius 3 is 2.79 bits per heavy atom. The number of nitrogens with zero attached hydrogens (tertiary/aromatic N) is 2. The Morgan fingerprint density at radius 2 is 1.93 bits per heavy atom. The van der Waals surface area contributed by atoms with E-state index in [1.807, 2.05) is 24.3 Å². The number of oxazole rings is 1. The molecule has 0 aliphatic rings. The molecule has 0 fully saturated rings. The van der Waals surface area contributed by atoms with E-state index >= 15 is 0 Å². The molecule has 142 valence electrons. The third kappa shape index (κ3) is 3.39. The van der Waals surface area contributed by atoms with Crippen molar-refractivity contribution in [3.8, 4) is 17.0 Å². The summed E-state index contributed by atoms with van der Waals surface area (Å²) in [5.41, 5.74) is 2.28. The highest BCUT2D eigenvalue weighted by molar-refractivity contribution is 5.76. The second kappa shape index (κ2) is 7.43. The number of hydrogen-bond acceptors (Lipinski definition) is 7. The minimum absolute atomic E-state index is 0.106. The van der Waals surface area contributed by atoms with Crippen LogP contribution in [0.3, 0.4) is 0 Å². The van der Waals surface area contributed by atoms with Crippen LogP contribution < -0.4 is 10.5 Å². The number of hydrogen-bond donors (Lipinski definition) is 0. The van der Waals surface area contributed by atoms with Crippen LogP contribution in [-0.2, 0) is 22.7 Å². The highest BCUT2D eigenvalue weighted by atomic mass is 16.6. The molecule has 0 spiro atoms. The number of ether oxygens (including phenoxy) is 2. The molecule has 0 bridgehead atoms. The largest absolute Gasteiger partial charge is 0.496 e. The molecule has 0 aliphatic heterocycles. The quantitative estimate of drug-likeness (QED) is 0.474. The minimum Gasteiger partial charge on any atom is -0.496 e. The Labute approximate surface area is 158 Å². The van der Waals surface area contributed by atoms with E-state index in [2.05, 4.69) is 5.16 Å². The molecule has 0 amide bonds. The predicted molar refractivity (Wildman–Crippen MR) is 98.8 cm³/mol. The second-order valence-corrected chi connectivity index (χ2v) is 5.96. The summed E-state index contributed by atoms with van der Waals surface area (Å²) < 4.78 is 22.1. The summed E-state index contributed by atoms with van der Waals surface area (Å²) in [6.07, 6.45) is 0. The number of esters is 1. The lowest BCUT2D eigenvalue weighted by molar-refractivity contribution is -0.146. The number of rotatable bonds is 6. The molecule has 0 saturated heterocycles. The fourth-order valence-electron chi connectivity index (χ4n) is 2.85. The third-order valence-electron chi connectivity index (χ3n) is 4.18. The van der Waals surface area contributed by atoms with Crippen molar-refractivity contribution in [3.63, 3.8) is 0 Å². The highest BCUT2D eigenvalue weighted by Crippen LogP contribution is 2.29. The first-order chi connectivity index (χ1) is 13.7. The summed E-state index contributed by atoms with van der Waals surface area (Å²) in [4.78, 5) is 24.1. The van der Waals surface area contributed by atoms with Crippen molar-refractivity contribution in [1.82, 2.24) is 9.72 Å². The van der Waals surface area contributed by atoms with E-state index < -0.39 is 11.7 Å². The maximum atomic E-state index is 12.2. The molecule has 0 unspecified atom stereocenters. The summed E-state index contributed by atoms with van der Waals surface area (Å²) in [5.74, 6) is -0.177. The molecule has 4 rings (SSSR count). The zero-order valence-corrected chi connectivity index (χ0v) is 15.0. The van der Waals surface area contributed by atoms with Gasteiger partial charge in [0.25, 0.3) is 0 Å². The van der Waals surface area contributed by atoms with E-state index in [9.17, 15) is 9.59 Å². The fourth-order valence-corrected chi connectivity index (χ4v) is 2.85. The molecule has 0 radical (unpaired) electrons. The highest BCUT2D eigenvalue weighted by Gasteiger charge is 2.15. The summed E-state index contributed by atoms with van der Waals surface area (Å²) in [6, 6.07) is 15.9. The maximum Gasteiger partial charge on any atom is 0.420 e. The normalized spacial score (nSPS) is 10.9. The monoisotopic (exact) mass is 380 g/mol. The van der Waals surface area contributed by atoms with Crippen molar-refractivity contribution in [2.24, 2.45) is 0 Å². The van der Waals surface area contributed by atoms with Gasteiger partial charge in [-0.15, -0.1) is 0 Å². The van der Waals surface area contributed by atoms with Gasteiger partial charge in [-0.3, -0.25) is 9.36 Å². The Balaban J connectivity index is 1.44. The zero-order valence-electron chi connectivity index (χ0n) is 15.0. The molecule has 8 heteroatoms. The molecular weight excluding hydrogens is 364 g/mol. The van der Waals surface area contributed by atoms with Gasteiger partial charge in [-0.25, -0.2) is 4.79 Å². The smallest absolute Gasteiger partial charge is 0.420 e. The lowest BCUT2D eigenvalue weighted by Crippen LogP contribution is -2.21. The van der Waals surface area contributed by atoms with E-state index in [-0.39, 0.29) is 13.2 Å². The van der Waals surface area contributed by atoms with E-state index in [1.54, 1.807) is 37.4 Å². The van der Waals surface area contributed by atoms with Gasteiger partial charge in [-0.2, -0.15) is 0 Å². The van der Waals surface area contributed by atoms with Gasteiger partial charge >= 0.3 is 11.7 Å². The second-order valence-electron chi connectivity index (χ2n) is 5.96. The first-order valence-electron chi connectivity index (χ1n) is 8.48. The van der Waals surface area contributed by atoms with Crippen LogP contribution in [0.15, 0.2) is 68.3 Å². The van der Waals surface area contributed by atoms with Crippen molar-refractivity contribution < 1.29 is 23.2 Å². The predicted octanol–water partition coefficient (Wildman–Crippen LogP) is 3.00. The zero-order chi connectivity index (χ0) is 19.5. The van der Waals surface area contributed by atoms with Crippen LogP contribution in [-0.4, -0.2) is 22.8 Å². The molecule has 0 N–H and O–H groups in total. The van der Waals surface area contributed by atoms with Crippen LogP contribution >= 0.6 is 0 Å². The van der Waals surface area contributed by atoms with Crippen LogP contribution in [0.25, 0.3) is 22.4 Å². The number of carbonyl (C=O) groups is 1. The topological polar surface area (TPSA) is 96.7 Å². The van der Waals surface area contributed by atoms with Gasteiger partial charge < -0.3 is 18.4 Å². The molecule has 8 nitrogen and oxygen atoms in total. The molecule has 0 atom stereocenters. The van der Waals surface area contributed by atoms with Crippen LogP contribution in [0.4, 0.5) is 0 Å². The molecular formula is C20H16N2O6. The van der Waals surface area contributed by atoms with E-state index in [0.717, 1.165) is 5.56 Å². The molecule has 28 heavy (non-hydrogen) atoms. The molecule has 2 aromatic heterocycles. The minimum atomic E-state index is -0.615. The Hall–Kier alpha value is -3.81. The number of carbonyl (C=O) groups excluding carboxylic acids is 1. The van der Waals surface area contributed by atoms with Crippen LogP contribution in [0.1, 0.15) is 5.76 Å².